The largest absolute Gasteiger partial charge is 0.219 e. The first-order valence-electron chi connectivity index (χ1n) is 5.18. The molecule has 2 rings (SSSR count). The van der Waals surface area contributed by atoms with Crippen molar-refractivity contribution in [1.29, 1.82) is 0 Å². The molecule has 0 amide bonds. The minimum absolute atomic E-state index is 0.0221. The Bertz CT molecular complexity index is 722. The first kappa shape index (κ1) is 17.5. The van der Waals surface area contributed by atoms with Gasteiger partial charge in [0.2, 0.25) is 9.84 Å². The maximum atomic E-state index is 12.5. The van der Waals surface area contributed by atoms with E-state index in [1.54, 1.807) is 0 Å². The van der Waals surface area contributed by atoms with Crippen molar-refractivity contribution in [2.45, 2.75) is 9.79 Å². The molecule has 0 saturated heterocycles. The van der Waals surface area contributed by atoms with Crippen molar-refractivity contribution in [3.63, 3.8) is 0 Å². The third-order valence-corrected chi connectivity index (χ3v) is 6.64. The van der Waals surface area contributed by atoms with Gasteiger partial charge in [-0.1, -0.05) is 69.6 Å². The van der Waals surface area contributed by atoms with Crippen molar-refractivity contribution in [1.82, 2.24) is 0 Å². The molecule has 0 aliphatic rings. The van der Waals surface area contributed by atoms with Gasteiger partial charge in [0.1, 0.15) is 0 Å². The van der Waals surface area contributed by atoms with Crippen LogP contribution in [0.3, 0.4) is 0 Å². The zero-order chi connectivity index (χ0) is 15.9. The summed E-state index contributed by atoms with van der Waals surface area (Å²) in [5, 5.41) is 0.236. The number of rotatable bonds is 2. The molecule has 0 saturated carbocycles. The summed E-state index contributed by atoms with van der Waals surface area (Å²) in [5.74, 6) is 0. The predicted octanol–water partition coefficient (Wildman–Crippen LogP) is 6.44. The van der Waals surface area contributed by atoms with Crippen LogP contribution in [-0.4, -0.2) is 8.42 Å². The van der Waals surface area contributed by atoms with Gasteiger partial charge in [0.25, 0.3) is 0 Å². The third kappa shape index (κ3) is 3.40. The molecule has 2 aromatic rings. The Morgan fingerprint density at radius 3 is 1.05 bits per heavy atom. The van der Waals surface area contributed by atoms with Crippen LogP contribution >= 0.6 is 69.6 Å². The van der Waals surface area contributed by atoms with Crippen molar-refractivity contribution in [2.75, 3.05) is 0 Å². The number of hydrogen-bond acceptors (Lipinski definition) is 2. The SMILES string of the molecule is O=S(=O)(c1cc(Cl)c(Cl)c(Cl)c1)c1cc(Cl)c(Cl)c(Cl)c1. The molecule has 0 unspecified atom stereocenters. The zero-order valence-electron chi connectivity index (χ0n) is 9.80. The fraction of sp³-hybridized carbons (Fsp3) is 0. The van der Waals surface area contributed by atoms with Gasteiger partial charge in [0.05, 0.1) is 39.9 Å². The summed E-state index contributed by atoms with van der Waals surface area (Å²) >= 11 is 35.0. The molecule has 0 aromatic heterocycles. The molecule has 0 aliphatic heterocycles. The van der Waals surface area contributed by atoms with Crippen molar-refractivity contribution >= 4 is 79.4 Å². The van der Waals surface area contributed by atoms with Crippen LogP contribution in [0.15, 0.2) is 34.1 Å². The number of hydrogen-bond donors (Lipinski definition) is 0. The molecule has 2 nitrogen and oxygen atoms in total. The summed E-state index contributed by atoms with van der Waals surface area (Å²) in [6.45, 7) is 0. The van der Waals surface area contributed by atoms with Crippen LogP contribution in [-0.2, 0) is 9.84 Å². The van der Waals surface area contributed by atoms with Gasteiger partial charge >= 0.3 is 0 Å². The van der Waals surface area contributed by atoms with Crippen LogP contribution in [0.4, 0.5) is 0 Å². The second kappa shape index (κ2) is 6.32. The van der Waals surface area contributed by atoms with E-state index in [0.29, 0.717) is 0 Å². The number of halogens is 6. The van der Waals surface area contributed by atoms with Crippen molar-refractivity contribution < 1.29 is 8.42 Å². The maximum Gasteiger partial charge on any atom is 0.206 e. The average molecular weight is 425 g/mol. The molecule has 9 heteroatoms. The second-order valence-corrected chi connectivity index (χ2v) is 8.24. The van der Waals surface area contributed by atoms with Gasteiger partial charge in [-0.15, -0.1) is 0 Å². The molecule has 0 N–H and O–H groups in total. The van der Waals surface area contributed by atoms with E-state index in [9.17, 15) is 8.42 Å². The summed E-state index contributed by atoms with van der Waals surface area (Å²) in [6.07, 6.45) is 0. The van der Waals surface area contributed by atoms with E-state index in [1.807, 2.05) is 0 Å². The van der Waals surface area contributed by atoms with Gasteiger partial charge in [-0.2, -0.15) is 0 Å². The first-order valence-corrected chi connectivity index (χ1v) is 8.94. The van der Waals surface area contributed by atoms with Crippen LogP contribution in [0.5, 0.6) is 0 Å². The van der Waals surface area contributed by atoms with Crippen LogP contribution in [0.2, 0.25) is 30.1 Å². The molecular formula is C12H4Cl6O2S. The molecule has 0 atom stereocenters. The molecule has 0 aliphatic carbocycles. The third-order valence-electron chi connectivity index (χ3n) is 2.54. The van der Waals surface area contributed by atoms with Crippen molar-refractivity contribution in [3.8, 4) is 0 Å². The maximum absolute atomic E-state index is 12.5. The van der Waals surface area contributed by atoms with E-state index < -0.39 is 9.84 Å². The first-order chi connectivity index (χ1) is 9.64. The summed E-state index contributed by atoms with van der Waals surface area (Å²) in [4.78, 5) is -0.257. The van der Waals surface area contributed by atoms with Gasteiger partial charge in [-0.25, -0.2) is 8.42 Å². The molecule has 0 fully saturated rings. The monoisotopic (exact) mass is 422 g/mol. The fourth-order valence-electron chi connectivity index (χ4n) is 1.51. The van der Waals surface area contributed by atoms with Gasteiger partial charge in [-0.3, -0.25) is 0 Å². The molecule has 0 radical (unpaired) electrons. The Morgan fingerprint density at radius 2 is 0.810 bits per heavy atom. The summed E-state index contributed by atoms with van der Waals surface area (Å²) in [7, 11) is -3.92. The molecule has 0 heterocycles. The van der Waals surface area contributed by atoms with E-state index in [1.165, 1.54) is 24.3 Å². The predicted molar refractivity (Wildman–Crippen MR) is 88.4 cm³/mol. The lowest BCUT2D eigenvalue weighted by atomic mass is 10.3. The molecular weight excluding hydrogens is 421 g/mol. The van der Waals surface area contributed by atoms with Crippen molar-refractivity contribution in [3.05, 3.63) is 54.4 Å². The second-order valence-electron chi connectivity index (χ2n) is 3.91. The summed E-state index contributed by atoms with van der Waals surface area (Å²) in [6, 6.07) is 4.78. The molecule has 2 aromatic carbocycles. The van der Waals surface area contributed by atoms with E-state index in [4.69, 9.17) is 69.6 Å². The van der Waals surface area contributed by atoms with E-state index in [-0.39, 0.29) is 39.9 Å². The summed E-state index contributed by atoms with van der Waals surface area (Å²) < 4.78 is 25.1. The molecule has 0 bridgehead atoms. The van der Waals surface area contributed by atoms with E-state index in [0.717, 1.165) is 0 Å². The Kier molecular flexibility index (Phi) is 5.27. The van der Waals surface area contributed by atoms with Gasteiger partial charge in [-0.05, 0) is 24.3 Å². The highest BCUT2D eigenvalue weighted by atomic mass is 35.5. The topological polar surface area (TPSA) is 34.1 Å². The Labute approximate surface area is 151 Å². The van der Waals surface area contributed by atoms with Crippen LogP contribution in [0, 0.1) is 0 Å². The normalized spacial score (nSPS) is 11.7. The minimum Gasteiger partial charge on any atom is -0.219 e. The molecule has 112 valence electrons. The van der Waals surface area contributed by atoms with Gasteiger partial charge in [0.15, 0.2) is 0 Å². The van der Waals surface area contributed by atoms with Crippen molar-refractivity contribution in [2.24, 2.45) is 0 Å². The van der Waals surface area contributed by atoms with E-state index in [2.05, 4.69) is 0 Å². The quantitative estimate of drug-likeness (QED) is 0.520. The average Bonchev–Trinajstić information content (AvgIpc) is 2.40. The van der Waals surface area contributed by atoms with Gasteiger partial charge < -0.3 is 0 Å². The lowest BCUT2D eigenvalue weighted by Gasteiger charge is -2.09. The highest BCUT2D eigenvalue weighted by Gasteiger charge is 2.22. The van der Waals surface area contributed by atoms with Gasteiger partial charge in [0, 0.05) is 0 Å². The number of benzene rings is 2. The fourth-order valence-corrected chi connectivity index (χ4v) is 4.33. The van der Waals surface area contributed by atoms with Crippen LogP contribution in [0.25, 0.3) is 0 Å². The van der Waals surface area contributed by atoms with E-state index >= 15 is 0 Å². The van der Waals surface area contributed by atoms with Crippen LogP contribution < -0.4 is 0 Å². The Hall–Kier alpha value is 0.130. The highest BCUT2D eigenvalue weighted by Crippen LogP contribution is 2.37. The highest BCUT2D eigenvalue weighted by molar-refractivity contribution is 7.91. The zero-order valence-corrected chi connectivity index (χ0v) is 15.2. The Morgan fingerprint density at radius 1 is 0.571 bits per heavy atom. The lowest BCUT2D eigenvalue weighted by molar-refractivity contribution is 0.596. The molecule has 0 spiro atoms. The lowest BCUT2D eigenvalue weighted by Crippen LogP contribution is -2.02. The smallest absolute Gasteiger partial charge is 0.206 e. The van der Waals surface area contributed by atoms with Crippen LogP contribution in [0.1, 0.15) is 0 Å². The summed E-state index contributed by atoms with van der Waals surface area (Å²) in [5.41, 5.74) is 0. The molecule has 21 heavy (non-hydrogen) atoms. The minimum atomic E-state index is -3.92. The number of sulfone groups is 1. The Balaban J connectivity index is 2.68. The standard InChI is InChI=1S/C12H4Cl6O2S/c13-7-1-5(2-8(14)11(7)17)21(19,20)6-3-9(15)12(18)10(16)4-6/h1-4H.